The molecule has 116 valence electrons. The number of nitrogens with zero attached hydrogens (tertiary/aromatic N) is 3. The van der Waals surface area contributed by atoms with Gasteiger partial charge in [0, 0.05) is 0 Å². The van der Waals surface area contributed by atoms with Gasteiger partial charge in [0.2, 0.25) is 0 Å². The van der Waals surface area contributed by atoms with E-state index in [-0.39, 0.29) is 20.3 Å². The van der Waals surface area contributed by atoms with E-state index in [1.807, 2.05) is 24.3 Å². The van der Waals surface area contributed by atoms with Crippen molar-refractivity contribution in [1.82, 2.24) is 18.7 Å². The van der Waals surface area contributed by atoms with Gasteiger partial charge in [-0.2, -0.15) is 0 Å². The molecule has 0 aliphatic rings. The molecule has 0 bridgehead atoms. The van der Waals surface area contributed by atoms with Crippen molar-refractivity contribution in [3.63, 3.8) is 0 Å². The van der Waals surface area contributed by atoms with Crippen molar-refractivity contribution < 1.29 is 0 Å². The molecular formula is C15H18N4OSSe. The van der Waals surface area contributed by atoms with Crippen molar-refractivity contribution in [1.29, 1.82) is 0 Å². The van der Waals surface area contributed by atoms with Crippen molar-refractivity contribution >= 4 is 36.1 Å². The van der Waals surface area contributed by atoms with Crippen LogP contribution in [0.5, 0.6) is 0 Å². The van der Waals surface area contributed by atoms with Gasteiger partial charge in [-0.25, -0.2) is 0 Å². The summed E-state index contributed by atoms with van der Waals surface area (Å²) in [6, 6.07) is 7.75. The van der Waals surface area contributed by atoms with E-state index >= 15 is 0 Å². The Morgan fingerprint density at radius 3 is 2.95 bits per heavy atom. The first-order valence-corrected chi connectivity index (χ1v) is 10.1. The number of aromatic amines is 1. The van der Waals surface area contributed by atoms with Gasteiger partial charge < -0.3 is 0 Å². The third kappa shape index (κ3) is 3.37. The molecule has 0 unspecified atom stereocenters. The fourth-order valence-corrected chi connectivity index (χ4v) is 4.96. The van der Waals surface area contributed by atoms with Gasteiger partial charge in [0.15, 0.2) is 0 Å². The van der Waals surface area contributed by atoms with E-state index in [1.165, 1.54) is 25.7 Å². The Morgan fingerprint density at radius 2 is 2.14 bits per heavy atom. The summed E-state index contributed by atoms with van der Waals surface area (Å²) < 4.78 is 2.82. The third-order valence-electron chi connectivity index (χ3n) is 3.37. The molecule has 1 aromatic carbocycles. The predicted octanol–water partition coefficient (Wildman–Crippen LogP) is 2.84. The minimum absolute atomic E-state index is 0.0197. The fourth-order valence-electron chi connectivity index (χ4n) is 2.20. The Balaban J connectivity index is 1.72. The number of H-pyrrole nitrogens is 1. The maximum atomic E-state index is 12.4. The van der Waals surface area contributed by atoms with Gasteiger partial charge in [-0.05, 0) is 0 Å². The normalized spacial score (nSPS) is 11.3. The van der Waals surface area contributed by atoms with E-state index in [4.69, 9.17) is 0 Å². The van der Waals surface area contributed by atoms with Gasteiger partial charge in [-0.3, -0.25) is 0 Å². The van der Waals surface area contributed by atoms with E-state index in [1.54, 1.807) is 15.3 Å². The monoisotopic (exact) mass is 382 g/mol. The van der Waals surface area contributed by atoms with Crippen LogP contribution in [0.2, 0.25) is 0 Å². The molecule has 2 heterocycles. The molecular weight excluding hydrogens is 363 g/mol. The molecule has 0 saturated carbocycles. The van der Waals surface area contributed by atoms with Crippen LogP contribution in [0, 0.1) is 0 Å². The van der Waals surface area contributed by atoms with Crippen LogP contribution in [0.25, 0.3) is 15.6 Å². The van der Waals surface area contributed by atoms with Gasteiger partial charge in [0.25, 0.3) is 0 Å². The van der Waals surface area contributed by atoms with Crippen LogP contribution in [-0.4, -0.2) is 39.2 Å². The maximum absolute atomic E-state index is 12.4. The molecule has 0 amide bonds. The van der Waals surface area contributed by atoms with Crippen molar-refractivity contribution in [3.8, 4) is 5.95 Å². The van der Waals surface area contributed by atoms with Gasteiger partial charge >= 0.3 is 139 Å². The first-order chi connectivity index (χ1) is 10.8. The van der Waals surface area contributed by atoms with E-state index in [9.17, 15) is 4.79 Å². The third-order valence-corrected chi connectivity index (χ3v) is 6.55. The van der Waals surface area contributed by atoms with Crippen LogP contribution in [-0.2, 0) is 0 Å². The molecule has 0 radical (unpaired) electrons. The average Bonchev–Trinajstić information content (AvgIpc) is 3.12. The summed E-state index contributed by atoms with van der Waals surface area (Å²) in [5.74, 6) is 1.59. The molecule has 7 heteroatoms. The number of rotatable bonds is 7. The second-order valence-electron chi connectivity index (χ2n) is 5.04. The van der Waals surface area contributed by atoms with Gasteiger partial charge in [0.1, 0.15) is 0 Å². The summed E-state index contributed by atoms with van der Waals surface area (Å²) in [6.45, 7) is 2.21. The quantitative estimate of drug-likeness (QED) is 0.388. The minimum atomic E-state index is -0.0593. The van der Waals surface area contributed by atoms with Crippen molar-refractivity contribution in [2.24, 2.45) is 0 Å². The fraction of sp³-hybridized carbons (Fsp3) is 0.400. The molecule has 3 rings (SSSR count). The molecule has 0 fully saturated rings. The van der Waals surface area contributed by atoms with Crippen molar-refractivity contribution in [2.75, 3.05) is 5.75 Å². The average molecular weight is 381 g/mol. The van der Waals surface area contributed by atoms with E-state index in [0.717, 1.165) is 20.6 Å². The molecule has 0 aliphatic carbocycles. The molecule has 0 spiro atoms. The standard InChI is InChI=1S/C15H18N4OSSe/c1-2-3-4-7-10-21-15-16-14(17-18-15)19-13(20)11-8-5-6-9-12(11)22-19/h5-6,8-9H,2-4,7,10H2,1H3,(H,16,17,18). The Kier molecular flexibility index (Phi) is 5.18. The predicted molar refractivity (Wildman–Crippen MR) is 91.3 cm³/mol. The van der Waals surface area contributed by atoms with Crippen LogP contribution >= 0.6 is 11.8 Å². The molecule has 1 N–H and O–H groups in total. The van der Waals surface area contributed by atoms with Gasteiger partial charge in [0.05, 0.1) is 0 Å². The number of hydrogen-bond acceptors (Lipinski definition) is 4. The van der Waals surface area contributed by atoms with E-state index < -0.39 is 0 Å². The molecule has 3 aromatic rings. The molecule has 0 saturated heterocycles. The first kappa shape index (κ1) is 15.6. The number of aromatic nitrogens is 4. The summed E-state index contributed by atoms with van der Waals surface area (Å²) in [4.78, 5) is 16.8. The zero-order valence-corrected chi connectivity index (χ0v) is 14.9. The molecule has 2 aromatic heterocycles. The van der Waals surface area contributed by atoms with Gasteiger partial charge in [-0.15, -0.1) is 0 Å². The summed E-state index contributed by atoms with van der Waals surface area (Å²) in [5, 5.41) is 8.64. The summed E-state index contributed by atoms with van der Waals surface area (Å²) in [5.41, 5.74) is 0.0197. The summed E-state index contributed by atoms with van der Waals surface area (Å²) in [6.07, 6.45) is 4.96. The SMILES string of the molecule is CCCCCCSc1n[nH]c(-n2[se]c3ccccc3c2=O)n1. The van der Waals surface area contributed by atoms with Gasteiger partial charge in [-0.1, -0.05) is 0 Å². The van der Waals surface area contributed by atoms with Crippen molar-refractivity contribution in [2.45, 2.75) is 37.8 Å². The van der Waals surface area contributed by atoms with Crippen LogP contribution < -0.4 is 5.56 Å². The number of thioether (sulfide) groups is 1. The van der Waals surface area contributed by atoms with Crippen LogP contribution in [0.4, 0.5) is 0 Å². The zero-order valence-electron chi connectivity index (χ0n) is 12.4. The summed E-state index contributed by atoms with van der Waals surface area (Å²) >= 11 is 1.59. The van der Waals surface area contributed by atoms with Crippen LogP contribution in [0.15, 0.2) is 34.2 Å². The first-order valence-electron chi connectivity index (χ1n) is 7.46. The Morgan fingerprint density at radius 1 is 1.27 bits per heavy atom. The zero-order chi connectivity index (χ0) is 15.4. The molecule has 0 aliphatic heterocycles. The molecule has 22 heavy (non-hydrogen) atoms. The second-order valence-corrected chi connectivity index (χ2v) is 8.17. The van der Waals surface area contributed by atoms with E-state index in [2.05, 4.69) is 22.1 Å². The Bertz CT molecular complexity index is 807. The molecule has 0 atom stereocenters. The van der Waals surface area contributed by atoms with Crippen LogP contribution in [0.3, 0.4) is 0 Å². The number of nitrogens with one attached hydrogen (secondary N) is 1. The second kappa shape index (κ2) is 7.31. The summed E-state index contributed by atoms with van der Waals surface area (Å²) in [7, 11) is 0. The topological polar surface area (TPSA) is 63.6 Å². The Labute approximate surface area is 139 Å². The Hall–Kier alpha value is -1.30. The number of hydrogen-bond donors (Lipinski definition) is 1. The number of fused-ring (bicyclic) bond motifs is 1. The number of unbranched alkanes of at least 4 members (excludes halogenated alkanes) is 3. The van der Waals surface area contributed by atoms with Crippen molar-refractivity contribution in [3.05, 3.63) is 34.6 Å². The number of benzene rings is 1. The van der Waals surface area contributed by atoms with E-state index in [0.29, 0.717) is 5.95 Å². The molecule has 5 nitrogen and oxygen atoms in total. The van der Waals surface area contributed by atoms with Crippen LogP contribution in [0.1, 0.15) is 32.6 Å².